The van der Waals surface area contributed by atoms with Crippen molar-refractivity contribution in [3.05, 3.63) is 65.7 Å². The number of hydrogen-bond donors (Lipinski definition) is 3. The molecular weight excluding hydrogens is 370 g/mol. The normalized spacial score (nSPS) is 11.0. The van der Waals surface area contributed by atoms with Crippen molar-refractivity contribution in [2.45, 2.75) is 13.8 Å². The van der Waals surface area contributed by atoms with E-state index >= 15 is 0 Å². The number of aromatic nitrogens is 3. The lowest BCUT2D eigenvalue weighted by atomic mass is 10.1. The largest absolute Gasteiger partial charge is 0.508 e. The van der Waals surface area contributed by atoms with E-state index in [2.05, 4.69) is 10.1 Å². The third kappa shape index (κ3) is 3.00. The Hall–Kier alpha value is -4.07. The maximum Gasteiger partial charge on any atom is 0.254 e. The predicted octanol–water partition coefficient (Wildman–Crippen LogP) is 3.20. The van der Waals surface area contributed by atoms with Gasteiger partial charge in [-0.05, 0) is 37.6 Å². The Kier molecular flexibility index (Phi) is 4.31. The number of aromatic hydroxyl groups is 1. The zero-order valence-corrected chi connectivity index (χ0v) is 15.9. The number of nitrogens with zero attached hydrogens (tertiary/aromatic N) is 3. The Labute approximate surface area is 166 Å². The van der Waals surface area contributed by atoms with Crippen LogP contribution in [0.15, 0.2) is 53.4 Å². The first-order valence-corrected chi connectivity index (χ1v) is 8.85. The van der Waals surface area contributed by atoms with Crippen molar-refractivity contribution in [2.75, 3.05) is 5.73 Å². The molecule has 3 heterocycles. The maximum atomic E-state index is 12.2. The molecule has 4 aromatic rings. The lowest BCUT2D eigenvalue weighted by Crippen LogP contribution is -2.14. The fourth-order valence-corrected chi connectivity index (χ4v) is 3.31. The molecule has 5 N–H and O–H groups in total. The summed E-state index contributed by atoms with van der Waals surface area (Å²) in [6, 6.07) is 8.80. The standard InChI is InChI=1S/C21H19N5O3/c1-11-5-6-15(27)12(2)19(11)26-20(22)17(21(23)28)18(25-26)16-8-14(10-29-16)13-4-3-7-24-9-13/h3-10,27H,22H2,1-2H3,(H2,23,28). The number of benzene rings is 1. The van der Waals surface area contributed by atoms with E-state index in [4.69, 9.17) is 15.9 Å². The Morgan fingerprint density at radius 2 is 2.00 bits per heavy atom. The highest BCUT2D eigenvalue weighted by molar-refractivity contribution is 6.03. The van der Waals surface area contributed by atoms with E-state index in [1.807, 2.05) is 19.1 Å². The highest BCUT2D eigenvalue weighted by Gasteiger charge is 2.26. The molecule has 0 bridgehead atoms. The molecule has 0 radical (unpaired) electrons. The first kappa shape index (κ1) is 18.3. The molecule has 0 saturated carbocycles. The molecule has 0 unspecified atom stereocenters. The minimum absolute atomic E-state index is 0.0548. The molecule has 8 nitrogen and oxygen atoms in total. The number of phenolic OH excluding ortho intramolecular Hbond substituents is 1. The predicted molar refractivity (Wildman–Crippen MR) is 109 cm³/mol. The molecule has 1 amide bonds. The number of hydrogen-bond acceptors (Lipinski definition) is 6. The van der Waals surface area contributed by atoms with E-state index < -0.39 is 5.91 Å². The van der Waals surface area contributed by atoms with Gasteiger partial charge in [-0.1, -0.05) is 12.1 Å². The highest BCUT2D eigenvalue weighted by Crippen LogP contribution is 2.35. The van der Waals surface area contributed by atoms with E-state index in [9.17, 15) is 9.90 Å². The van der Waals surface area contributed by atoms with Crippen molar-refractivity contribution in [1.29, 1.82) is 0 Å². The van der Waals surface area contributed by atoms with Crippen molar-refractivity contribution >= 4 is 11.7 Å². The number of primary amides is 1. The first-order chi connectivity index (χ1) is 13.9. The summed E-state index contributed by atoms with van der Waals surface area (Å²) in [5, 5.41) is 14.6. The van der Waals surface area contributed by atoms with Crippen LogP contribution in [-0.2, 0) is 0 Å². The molecule has 29 heavy (non-hydrogen) atoms. The van der Waals surface area contributed by atoms with Crippen LogP contribution in [0.5, 0.6) is 5.75 Å². The van der Waals surface area contributed by atoms with Gasteiger partial charge in [0, 0.05) is 29.1 Å². The summed E-state index contributed by atoms with van der Waals surface area (Å²) in [5.74, 6) is -0.208. The third-order valence-corrected chi connectivity index (χ3v) is 4.81. The van der Waals surface area contributed by atoms with Gasteiger partial charge in [0.25, 0.3) is 5.91 Å². The van der Waals surface area contributed by atoms with Crippen molar-refractivity contribution in [3.8, 4) is 34.0 Å². The van der Waals surface area contributed by atoms with Crippen LogP contribution in [-0.4, -0.2) is 25.8 Å². The molecule has 0 aliphatic rings. The monoisotopic (exact) mass is 389 g/mol. The summed E-state index contributed by atoms with van der Waals surface area (Å²) >= 11 is 0. The number of nitrogen functional groups attached to an aromatic ring is 1. The number of carbonyl (C=O) groups is 1. The second-order valence-electron chi connectivity index (χ2n) is 6.70. The first-order valence-electron chi connectivity index (χ1n) is 8.85. The molecule has 146 valence electrons. The van der Waals surface area contributed by atoms with Crippen LogP contribution in [0.4, 0.5) is 5.82 Å². The minimum atomic E-state index is -0.724. The SMILES string of the molecule is Cc1ccc(O)c(C)c1-n1nc(-c2cc(-c3cccnc3)co2)c(C(N)=O)c1N. The summed E-state index contributed by atoms with van der Waals surface area (Å²) in [4.78, 5) is 16.3. The van der Waals surface area contributed by atoms with Crippen LogP contribution in [0.2, 0.25) is 0 Å². The van der Waals surface area contributed by atoms with Gasteiger partial charge >= 0.3 is 0 Å². The van der Waals surface area contributed by atoms with E-state index in [1.54, 1.807) is 43.8 Å². The molecule has 0 fully saturated rings. The molecule has 0 spiro atoms. The van der Waals surface area contributed by atoms with Crippen LogP contribution in [0, 0.1) is 13.8 Å². The van der Waals surface area contributed by atoms with Crippen LogP contribution in [0.3, 0.4) is 0 Å². The van der Waals surface area contributed by atoms with Gasteiger partial charge in [0.2, 0.25) is 0 Å². The Bertz CT molecular complexity index is 1220. The second-order valence-corrected chi connectivity index (χ2v) is 6.70. The van der Waals surface area contributed by atoms with Gasteiger partial charge in [-0.3, -0.25) is 9.78 Å². The number of phenols is 1. The van der Waals surface area contributed by atoms with Crippen molar-refractivity contribution in [1.82, 2.24) is 14.8 Å². The summed E-state index contributed by atoms with van der Waals surface area (Å²) in [6.07, 6.45) is 4.94. The van der Waals surface area contributed by atoms with Gasteiger partial charge in [0.05, 0.1) is 12.0 Å². The molecule has 0 aliphatic carbocycles. The lowest BCUT2D eigenvalue weighted by Gasteiger charge is -2.12. The molecule has 3 aromatic heterocycles. The van der Waals surface area contributed by atoms with Gasteiger partial charge < -0.3 is 21.0 Å². The van der Waals surface area contributed by atoms with Crippen LogP contribution < -0.4 is 11.5 Å². The number of aryl methyl sites for hydroxylation is 1. The number of amides is 1. The van der Waals surface area contributed by atoms with Crippen LogP contribution in [0.25, 0.3) is 28.3 Å². The summed E-state index contributed by atoms with van der Waals surface area (Å²) in [6.45, 7) is 3.61. The van der Waals surface area contributed by atoms with Gasteiger partial charge in [-0.2, -0.15) is 5.10 Å². The van der Waals surface area contributed by atoms with E-state index in [0.29, 0.717) is 17.0 Å². The molecular formula is C21H19N5O3. The van der Waals surface area contributed by atoms with Crippen molar-refractivity contribution < 1.29 is 14.3 Å². The zero-order valence-electron chi connectivity index (χ0n) is 15.9. The fourth-order valence-electron chi connectivity index (χ4n) is 3.31. The smallest absolute Gasteiger partial charge is 0.254 e. The Morgan fingerprint density at radius 3 is 2.69 bits per heavy atom. The van der Waals surface area contributed by atoms with Gasteiger partial charge in [0.15, 0.2) is 5.76 Å². The van der Waals surface area contributed by atoms with E-state index in [-0.39, 0.29) is 22.8 Å². The van der Waals surface area contributed by atoms with Crippen molar-refractivity contribution in [2.24, 2.45) is 5.73 Å². The number of carbonyl (C=O) groups excluding carboxylic acids is 1. The third-order valence-electron chi connectivity index (χ3n) is 4.81. The number of anilines is 1. The highest BCUT2D eigenvalue weighted by atomic mass is 16.3. The quantitative estimate of drug-likeness (QED) is 0.491. The molecule has 8 heteroatoms. The molecule has 0 aliphatic heterocycles. The van der Waals surface area contributed by atoms with Crippen LogP contribution in [0.1, 0.15) is 21.5 Å². The minimum Gasteiger partial charge on any atom is -0.508 e. The molecule has 4 rings (SSSR count). The number of rotatable bonds is 4. The number of nitrogens with two attached hydrogens (primary N) is 2. The van der Waals surface area contributed by atoms with E-state index in [0.717, 1.165) is 16.7 Å². The fraction of sp³-hybridized carbons (Fsp3) is 0.0952. The Balaban J connectivity index is 1.91. The van der Waals surface area contributed by atoms with Gasteiger partial charge in [-0.15, -0.1) is 0 Å². The molecule has 1 aromatic carbocycles. The average Bonchev–Trinajstić information content (AvgIpc) is 3.31. The summed E-state index contributed by atoms with van der Waals surface area (Å²) in [5.41, 5.74) is 15.7. The topological polar surface area (TPSA) is 133 Å². The summed E-state index contributed by atoms with van der Waals surface area (Å²) < 4.78 is 7.08. The maximum absolute atomic E-state index is 12.2. The zero-order chi connectivity index (χ0) is 20.7. The van der Waals surface area contributed by atoms with Gasteiger partial charge in [-0.25, -0.2) is 4.68 Å². The molecule has 0 atom stereocenters. The lowest BCUT2D eigenvalue weighted by molar-refractivity contribution is 0.100. The average molecular weight is 389 g/mol. The van der Waals surface area contributed by atoms with Crippen molar-refractivity contribution in [3.63, 3.8) is 0 Å². The van der Waals surface area contributed by atoms with Gasteiger partial charge in [0.1, 0.15) is 22.8 Å². The summed E-state index contributed by atoms with van der Waals surface area (Å²) in [7, 11) is 0. The number of furan rings is 1. The number of pyridine rings is 1. The van der Waals surface area contributed by atoms with Crippen LogP contribution >= 0.6 is 0 Å². The molecule has 0 saturated heterocycles. The second kappa shape index (κ2) is 6.83. The van der Waals surface area contributed by atoms with E-state index in [1.165, 1.54) is 4.68 Å². The Morgan fingerprint density at radius 1 is 1.21 bits per heavy atom.